The predicted octanol–water partition coefficient (Wildman–Crippen LogP) is 2.44. The first kappa shape index (κ1) is 13.5. The van der Waals surface area contributed by atoms with E-state index in [9.17, 15) is 9.59 Å². The minimum Gasteiger partial charge on any atom is -0.358 e. The number of aryl methyl sites for hydroxylation is 1. The average Bonchev–Trinajstić information content (AvgIpc) is 3.03. The van der Waals surface area contributed by atoms with Gasteiger partial charge >= 0.3 is 0 Å². The molecule has 23 heavy (non-hydrogen) atoms. The zero-order valence-corrected chi connectivity index (χ0v) is 12.4. The third kappa shape index (κ3) is 1.97. The summed E-state index contributed by atoms with van der Waals surface area (Å²) in [7, 11) is 0. The summed E-state index contributed by atoms with van der Waals surface area (Å²) in [5.74, 6) is -0.740. The third-order valence-electron chi connectivity index (χ3n) is 4.04. The number of nitrogens with one attached hydrogen (secondary N) is 2. The number of aromatic amines is 1. The molecule has 2 N–H and O–H groups in total. The van der Waals surface area contributed by atoms with E-state index in [1.54, 1.807) is 24.5 Å². The number of carbonyl (C=O) groups excluding carboxylic acids is 2. The van der Waals surface area contributed by atoms with Crippen molar-refractivity contribution < 1.29 is 9.59 Å². The number of amides is 2. The fourth-order valence-electron chi connectivity index (χ4n) is 3.09. The van der Waals surface area contributed by atoms with Gasteiger partial charge < -0.3 is 4.98 Å². The lowest BCUT2D eigenvalue weighted by Crippen LogP contribution is -2.22. The van der Waals surface area contributed by atoms with Gasteiger partial charge in [0, 0.05) is 34.6 Å². The summed E-state index contributed by atoms with van der Waals surface area (Å²) in [6, 6.07) is 11.2. The summed E-state index contributed by atoms with van der Waals surface area (Å²) in [5, 5.41) is 3.34. The summed E-state index contributed by atoms with van der Waals surface area (Å²) < 4.78 is 0. The first-order valence-corrected chi connectivity index (χ1v) is 7.25. The van der Waals surface area contributed by atoms with Gasteiger partial charge in [0.1, 0.15) is 0 Å². The van der Waals surface area contributed by atoms with E-state index in [2.05, 4.69) is 15.3 Å². The molecule has 1 aromatic carbocycles. The second-order valence-electron chi connectivity index (χ2n) is 5.44. The predicted molar refractivity (Wildman–Crippen MR) is 87.2 cm³/mol. The number of para-hydroxylation sites is 1. The van der Waals surface area contributed by atoms with Crippen LogP contribution in [0.4, 0.5) is 0 Å². The van der Waals surface area contributed by atoms with Crippen molar-refractivity contribution in [1.29, 1.82) is 0 Å². The van der Waals surface area contributed by atoms with E-state index < -0.39 is 0 Å². The van der Waals surface area contributed by atoms with Crippen LogP contribution >= 0.6 is 0 Å². The Morgan fingerprint density at radius 2 is 1.61 bits per heavy atom. The van der Waals surface area contributed by atoms with Gasteiger partial charge in [-0.15, -0.1) is 0 Å². The van der Waals surface area contributed by atoms with Crippen LogP contribution in [0.25, 0.3) is 22.0 Å². The molecule has 0 unspecified atom stereocenters. The van der Waals surface area contributed by atoms with Crippen LogP contribution in [-0.4, -0.2) is 21.8 Å². The smallest absolute Gasteiger partial charge is 0.259 e. The van der Waals surface area contributed by atoms with Crippen LogP contribution in [-0.2, 0) is 9.59 Å². The van der Waals surface area contributed by atoms with Gasteiger partial charge in [0.05, 0.1) is 11.1 Å². The van der Waals surface area contributed by atoms with Crippen molar-refractivity contribution in [3.8, 4) is 0 Å². The zero-order valence-electron chi connectivity index (χ0n) is 12.4. The lowest BCUT2D eigenvalue weighted by atomic mass is 9.95. The highest BCUT2D eigenvalue weighted by molar-refractivity contribution is 6.50. The second kappa shape index (κ2) is 4.91. The van der Waals surface area contributed by atoms with E-state index in [0.717, 1.165) is 22.2 Å². The SMILES string of the molecule is Cc1[nH]c2ccccc2c1C1=C(c2ccncc2)C(=O)NC1=O. The Morgan fingerprint density at radius 3 is 2.39 bits per heavy atom. The van der Waals surface area contributed by atoms with E-state index in [-0.39, 0.29) is 11.8 Å². The fraction of sp³-hybridized carbons (Fsp3) is 0.0556. The maximum atomic E-state index is 12.4. The molecule has 5 heteroatoms. The Morgan fingerprint density at radius 1 is 0.913 bits per heavy atom. The van der Waals surface area contributed by atoms with Crippen LogP contribution in [0.3, 0.4) is 0 Å². The lowest BCUT2D eigenvalue weighted by molar-refractivity contribution is -0.122. The number of carbonyl (C=O) groups is 2. The topological polar surface area (TPSA) is 74.8 Å². The van der Waals surface area contributed by atoms with Crippen molar-refractivity contribution in [2.24, 2.45) is 0 Å². The van der Waals surface area contributed by atoms with E-state index in [0.29, 0.717) is 16.7 Å². The summed E-state index contributed by atoms with van der Waals surface area (Å²) >= 11 is 0. The molecule has 3 aromatic rings. The minimum atomic E-state index is -0.374. The second-order valence-corrected chi connectivity index (χ2v) is 5.44. The Bertz CT molecular complexity index is 984. The van der Waals surface area contributed by atoms with Gasteiger partial charge in [-0.25, -0.2) is 0 Å². The number of fused-ring (bicyclic) bond motifs is 1. The van der Waals surface area contributed by atoms with Crippen molar-refractivity contribution in [2.75, 3.05) is 0 Å². The highest BCUT2D eigenvalue weighted by Gasteiger charge is 2.34. The van der Waals surface area contributed by atoms with Crippen molar-refractivity contribution in [3.63, 3.8) is 0 Å². The Hall–Kier alpha value is -3.21. The highest BCUT2D eigenvalue weighted by atomic mass is 16.2. The molecule has 0 saturated carbocycles. The Labute approximate surface area is 132 Å². The van der Waals surface area contributed by atoms with Gasteiger partial charge in [0.25, 0.3) is 11.8 Å². The average molecular weight is 303 g/mol. The molecule has 0 fully saturated rings. The molecule has 0 bridgehead atoms. The first-order chi connectivity index (χ1) is 11.2. The van der Waals surface area contributed by atoms with Crippen LogP contribution in [0, 0.1) is 6.92 Å². The lowest BCUT2D eigenvalue weighted by Gasteiger charge is -2.05. The maximum Gasteiger partial charge on any atom is 0.259 e. The number of rotatable bonds is 2. The van der Waals surface area contributed by atoms with Crippen molar-refractivity contribution in [2.45, 2.75) is 6.92 Å². The van der Waals surface area contributed by atoms with Gasteiger partial charge in [-0.05, 0) is 30.7 Å². The molecule has 0 radical (unpaired) electrons. The molecule has 1 aliphatic rings. The molecule has 0 spiro atoms. The van der Waals surface area contributed by atoms with Crippen molar-refractivity contribution >= 4 is 33.9 Å². The molecular formula is C18H13N3O2. The zero-order chi connectivity index (χ0) is 16.0. The maximum absolute atomic E-state index is 12.4. The van der Waals surface area contributed by atoms with Gasteiger partial charge in [0.2, 0.25) is 0 Å². The number of nitrogens with zero attached hydrogens (tertiary/aromatic N) is 1. The summed E-state index contributed by atoms with van der Waals surface area (Å²) in [6.07, 6.45) is 3.22. The molecule has 2 amide bonds. The monoisotopic (exact) mass is 303 g/mol. The number of pyridine rings is 1. The number of hydrogen-bond acceptors (Lipinski definition) is 3. The van der Waals surface area contributed by atoms with E-state index in [4.69, 9.17) is 0 Å². The molecule has 0 atom stereocenters. The summed E-state index contributed by atoms with van der Waals surface area (Å²) in [6.45, 7) is 1.91. The molecule has 0 saturated heterocycles. The van der Waals surface area contributed by atoms with Crippen LogP contribution in [0.1, 0.15) is 16.8 Å². The third-order valence-corrected chi connectivity index (χ3v) is 4.04. The van der Waals surface area contributed by atoms with E-state index >= 15 is 0 Å². The summed E-state index contributed by atoms with van der Waals surface area (Å²) in [5.41, 5.74) is 4.06. The van der Waals surface area contributed by atoms with Gasteiger partial charge in [-0.3, -0.25) is 19.9 Å². The molecule has 0 aliphatic carbocycles. The van der Waals surface area contributed by atoms with Crippen LogP contribution in [0.5, 0.6) is 0 Å². The highest BCUT2D eigenvalue weighted by Crippen LogP contribution is 2.36. The molecule has 3 heterocycles. The van der Waals surface area contributed by atoms with Gasteiger partial charge in [-0.2, -0.15) is 0 Å². The number of benzene rings is 1. The molecule has 5 nitrogen and oxygen atoms in total. The quantitative estimate of drug-likeness (QED) is 0.714. The fourth-order valence-corrected chi connectivity index (χ4v) is 3.09. The number of imide groups is 1. The van der Waals surface area contributed by atoms with Crippen LogP contribution in [0.2, 0.25) is 0 Å². The molecule has 2 aromatic heterocycles. The number of hydrogen-bond donors (Lipinski definition) is 2. The van der Waals surface area contributed by atoms with Crippen LogP contribution in [0.15, 0.2) is 48.8 Å². The Balaban J connectivity index is 2.07. The minimum absolute atomic E-state index is 0.366. The van der Waals surface area contributed by atoms with E-state index in [1.807, 2.05) is 31.2 Å². The molecular weight excluding hydrogens is 290 g/mol. The van der Waals surface area contributed by atoms with Gasteiger partial charge in [0.15, 0.2) is 0 Å². The molecule has 1 aliphatic heterocycles. The van der Waals surface area contributed by atoms with Crippen LogP contribution < -0.4 is 5.32 Å². The van der Waals surface area contributed by atoms with Crippen molar-refractivity contribution in [1.82, 2.24) is 15.3 Å². The first-order valence-electron chi connectivity index (χ1n) is 7.25. The Kier molecular flexibility index (Phi) is 2.87. The standard InChI is InChI=1S/C18H13N3O2/c1-10-14(12-4-2-3-5-13(12)20-10)16-15(17(22)21-18(16)23)11-6-8-19-9-7-11/h2-9,20H,1H3,(H,21,22,23). The largest absolute Gasteiger partial charge is 0.358 e. The van der Waals surface area contributed by atoms with Gasteiger partial charge in [-0.1, -0.05) is 18.2 Å². The molecule has 4 rings (SSSR count). The summed E-state index contributed by atoms with van der Waals surface area (Å²) in [4.78, 5) is 32.0. The van der Waals surface area contributed by atoms with E-state index in [1.165, 1.54) is 0 Å². The number of aromatic nitrogens is 2. The normalized spacial score (nSPS) is 14.7. The van der Waals surface area contributed by atoms with Crippen molar-refractivity contribution in [3.05, 3.63) is 65.6 Å². The molecule has 112 valence electrons. The number of H-pyrrole nitrogens is 1.